The number of piperazine rings is 1. The molecule has 2 amide bonds. The lowest BCUT2D eigenvalue weighted by Crippen LogP contribution is -2.55. The van der Waals surface area contributed by atoms with Crippen molar-refractivity contribution in [3.05, 3.63) is 60.8 Å². The second-order valence-electron chi connectivity index (χ2n) is 10.7. The highest BCUT2D eigenvalue weighted by molar-refractivity contribution is 6.09. The summed E-state index contributed by atoms with van der Waals surface area (Å²) in [5, 5.41) is 36.9. The summed E-state index contributed by atoms with van der Waals surface area (Å²) in [6.45, 7) is 6.89. The number of aliphatic hydroxyl groups excluding tert-OH is 1. The third kappa shape index (κ3) is 6.85. The molecule has 2 atom stereocenters. The van der Waals surface area contributed by atoms with Gasteiger partial charge in [-0.05, 0) is 36.9 Å². The Balaban J connectivity index is 1.44. The molecule has 3 aromatic rings. The number of β-amino-alcohol motifs (C(OH)–C–C–N with tert-alkyl or cyclic N) is 1. The van der Waals surface area contributed by atoms with Gasteiger partial charge in [0.15, 0.2) is 0 Å². The highest BCUT2D eigenvalue weighted by atomic mass is 16.3. The number of benzene rings is 2. The normalized spacial score (nSPS) is 18.8. The van der Waals surface area contributed by atoms with Crippen LogP contribution in [0.3, 0.4) is 0 Å². The van der Waals surface area contributed by atoms with Gasteiger partial charge in [-0.25, -0.2) is 4.98 Å². The first-order valence-electron chi connectivity index (χ1n) is 14.5. The van der Waals surface area contributed by atoms with Crippen molar-refractivity contribution in [3.63, 3.8) is 0 Å². The van der Waals surface area contributed by atoms with Gasteiger partial charge < -0.3 is 30.6 Å². The molecular formula is C31H36N8O4. The molecule has 2 aromatic carbocycles. The lowest BCUT2D eigenvalue weighted by Gasteiger charge is -2.40. The summed E-state index contributed by atoms with van der Waals surface area (Å²) in [5.41, 5.74) is 0.575. The number of aliphatic hydroxyl groups is 1. The van der Waals surface area contributed by atoms with Gasteiger partial charge >= 0.3 is 0 Å². The van der Waals surface area contributed by atoms with Gasteiger partial charge in [-0.1, -0.05) is 30.8 Å². The molecule has 3 heterocycles. The summed E-state index contributed by atoms with van der Waals surface area (Å²) in [6, 6.07) is 14.2. The van der Waals surface area contributed by atoms with Crippen molar-refractivity contribution >= 4 is 40.0 Å². The fourth-order valence-corrected chi connectivity index (χ4v) is 5.89. The molecule has 0 saturated carbocycles. The fourth-order valence-electron chi connectivity index (χ4n) is 5.89. The van der Waals surface area contributed by atoms with E-state index in [1.807, 2.05) is 29.2 Å². The fraction of sp³-hybridized carbons (Fsp3) is 0.387. The van der Waals surface area contributed by atoms with Gasteiger partial charge in [0.2, 0.25) is 11.9 Å². The van der Waals surface area contributed by atoms with E-state index in [0.717, 1.165) is 30.2 Å². The molecule has 4 N–H and O–H groups in total. The zero-order valence-corrected chi connectivity index (χ0v) is 23.9. The van der Waals surface area contributed by atoms with Crippen LogP contribution >= 0.6 is 0 Å². The first kappa shape index (κ1) is 29.8. The summed E-state index contributed by atoms with van der Waals surface area (Å²) < 4.78 is 0. The maximum Gasteiger partial charge on any atom is 0.274 e. The number of nitrogens with one attached hydrogen (secondary N) is 2. The Kier molecular flexibility index (Phi) is 9.34. The molecule has 12 heteroatoms. The van der Waals surface area contributed by atoms with E-state index >= 15 is 0 Å². The number of nitriles is 1. The third-order valence-electron chi connectivity index (χ3n) is 8.01. The van der Waals surface area contributed by atoms with Crippen molar-refractivity contribution in [3.8, 4) is 11.8 Å². The number of likely N-dealkylation sites (tertiary alicyclic amines) is 1. The van der Waals surface area contributed by atoms with Crippen molar-refractivity contribution in [2.24, 2.45) is 0 Å². The Hall–Kier alpha value is -4.73. The standard InChI is InChI=1S/C31H36N8O4/c1-2-29(42)39-13-12-38(20-23(39)9-10-32)28-18-27(35-31(36-28)33-19-22-7-5-11-37(22)14-15-40)30(43)34-26-17-24(41)16-21-6-3-4-8-25(21)26/h2-4,6,8,16-18,22-23,40-41H,1,5,7,9,11-15,19-20H2,(H,34,43)(H,33,35,36)/t22-,23-/m0/s1. The number of rotatable bonds is 10. The number of amides is 2. The molecule has 12 nitrogen and oxygen atoms in total. The number of anilines is 3. The van der Waals surface area contributed by atoms with Crippen molar-refractivity contribution in [2.45, 2.75) is 31.3 Å². The molecule has 2 saturated heterocycles. The van der Waals surface area contributed by atoms with Crippen LogP contribution in [-0.2, 0) is 4.79 Å². The van der Waals surface area contributed by atoms with E-state index in [-0.39, 0.29) is 48.4 Å². The SMILES string of the molecule is C=CC(=O)N1CCN(c2cc(C(=O)Nc3cc(O)cc4ccccc34)nc(NC[C@@H]3CCCN3CCO)n2)C[C@@H]1CC#N. The minimum Gasteiger partial charge on any atom is -0.508 e. The van der Waals surface area contributed by atoms with Crippen LogP contribution in [0.1, 0.15) is 29.8 Å². The average molecular weight is 585 g/mol. The Bertz CT molecular complexity index is 1540. The van der Waals surface area contributed by atoms with Crippen LogP contribution in [-0.4, -0.2) is 99.8 Å². The zero-order chi connectivity index (χ0) is 30.3. The smallest absolute Gasteiger partial charge is 0.274 e. The molecular weight excluding hydrogens is 548 g/mol. The van der Waals surface area contributed by atoms with E-state index in [2.05, 4.69) is 33.2 Å². The molecule has 224 valence electrons. The molecule has 0 radical (unpaired) electrons. The Morgan fingerprint density at radius 3 is 2.77 bits per heavy atom. The number of carbonyl (C=O) groups excluding carboxylic acids is 2. The van der Waals surface area contributed by atoms with E-state index < -0.39 is 5.91 Å². The lowest BCUT2D eigenvalue weighted by atomic mass is 10.1. The minimum atomic E-state index is -0.473. The van der Waals surface area contributed by atoms with E-state index in [4.69, 9.17) is 4.98 Å². The highest BCUT2D eigenvalue weighted by Gasteiger charge is 2.31. The lowest BCUT2D eigenvalue weighted by molar-refractivity contribution is -0.128. The Morgan fingerprint density at radius 2 is 1.98 bits per heavy atom. The van der Waals surface area contributed by atoms with Gasteiger partial charge in [-0.3, -0.25) is 14.5 Å². The van der Waals surface area contributed by atoms with Gasteiger partial charge in [0.1, 0.15) is 17.3 Å². The van der Waals surface area contributed by atoms with Crippen LogP contribution in [0.2, 0.25) is 0 Å². The van der Waals surface area contributed by atoms with Gasteiger partial charge in [0.25, 0.3) is 5.91 Å². The first-order valence-corrected chi connectivity index (χ1v) is 14.5. The Morgan fingerprint density at radius 1 is 1.14 bits per heavy atom. The van der Waals surface area contributed by atoms with Crippen LogP contribution in [0.4, 0.5) is 17.5 Å². The van der Waals surface area contributed by atoms with Crippen molar-refractivity contribution in [2.75, 3.05) is 61.4 Å². The number of carbonyl (C=O) groups is 2. The molecule has 2 aliphatic heterocycles. The van der Waals surface area contributed by atoms with Crippen LogP contribution in [0.15, 0.2) is 55.1 Å². The summed E-state index contributed by atoms with van der Waals surface area (Å²) in [6.07, 6.45) is 3.41. The molecule has 0 spiro atoms. The van der Waals surface area contributed by atoms with E-state index in [1.165, 1.54) is 12.1 Å². The molecule has 43 heavy (non-hydrogen) atoms. The van der Waals surface area contributed by atoms with Crippen LogP contribution in [0.25, 0.3) is 10.8 Å². The molecule has 2 aliphatic rings. The first-order chi connectivity index (χ1) is 20.9. The molecule has 0 unspecified atom stereocenters. The van der Waals surface area contributed by atoms with Crippen LogP contribution in [0, 0.1) is 11.3 Å². The quantitative estimate of drug-likeness (QED) is 0.261. The summed E-state index contributed by atoms with van der Waals surface area (Å²) in [4.78, 5) is 41.2. The van der Waals surface area contributed by atoms with E-state index in [9.17, 15) is 25.1 Å². The second kappa shape index (κ2) is 13.5. The minimum absolute atomic E-state index is 0.0270. The summed E-state index contributed by atoms with van der Waals surface area (Å²) >= 11 is 0. The maximum atomic E-state index is 13.6. The number of hydrogen-bond donors (Lipinski definition) is 4. The van der Waals surface area contributed by atoms with E-state index in [1.54, 1.807) is 17.0 Å². The van der Waals surface area contributed by atoms with Crippen LogP contribution in [0.5, 0.6) is 5.75 Å². The number of phenols is 1. The molecule has 0 bridgehead atoms. The van der Waals surface area contributed by atoms with Crippen molar-refractivity contribution in [1.29, 1.82) is 5.26 Å². The predicted octanol–water partition coefficient (Wildman–Crippen LogP) is 2.57. The van der Waals surface area contributed by atoms with Crippen LogP contribution < -0.4 is 15.5 Å². The monoisotopic (exact) mass is 584 g/mol. The predicted molar refractivity (Wildman–Crippen MR) is 164 cm³/mol. The topological polar surface area (TPSA) is 158 Å². The third-order valence-corrected chi connectivity index (χ3v) is 8.01. The highest BCUT2D eigenvalue weighted by Crippen LogP contribution is 2.29. The van der Waals surface area contributed by atoms with Gasteiger partial charge in [0, 0.05) is 56.3 Å². The molecule has 2 fully saturated rings. The van der Waals surface area contributed by atoms with Crippen molar-refractivity contribution < 1.29 is 19.8 Å². The Labute approximate surface area is 250 Å². The molecule has 5 rings (SSSR count). The summed E-state index contributed by atoms with van der Waals surface area (Å²) in [5.74, 6) is 0.0993. The average Bonchev–Trinajstić information content (AvgIpc) is 3.46. The number of aromatic hydroxyl groups is 1. The zero-order valence-electron chi connectivity index (χ0n) is 23.9. The van der Waals surface area contributed by atoms with Gasteiger partial charge in [-0.15, -0.1) is 0 Å². The van der Waals surface area contributed by atoms with Gasteiger partial charge in [-0.2, -0.15) is 10.2 Å². The number of hydrogen-bond acceptors (Lipinski definition) is 10. The molecule has 0 aliphatic carbocycles. The molecule has 1 aromatic heterocycles. The van der Waals surface area contributed by atoms with Crippen molar-refractivity contribution in [1.82, 2.24) is 19.8 Å². The number of aromatic nitrogens is 2. The maximum absolute atomic E-state index is 13.6. The number of phenolic OH excluding ortho intramolecular Hbond substituents is 1. The number of nitrogens with zero attached hydrogens (tertiary/aromatic N) is 6. The van der Waals surface area contributed by atoms with E-state index in [0.29, 0.717) is 44.2 Å². The second-order valence-corrected chi connectivity index (χ2v) is 10.7. The largest absolute Gasteiger partial charge is 0.508 e. The number of fused-ring (bicyclic) bond motifs is 1. The van der Waals surface area contributed by atoms with Gasteiger partial charge in [0.05, 0.1) is 30.8 Å². The summed E-state index contributed by atoms with van der Waals surface area (Å²) in [7, 11) is 0.